The molecule has 1 amide bonds. The fraction of sp³-hybridized carbons (Fsp3) is 0.333. The number of piperidine rings is 1. The van der Waals surface area contributed by atoms with E-state index in [2.05, 4.69) is 10.3 Å². The van der Waals surface area contributed by atoms with Gasteiger partial charge in [-0.1, -0.05) is 6.07 Å². The Morgan fingerprint density at radius 2 is 2.00 bits per heavy atom. The van der Waals surface area contributed by atoms with Gasteiger partial charge in [0.05, 0.1) is 36.5 Å². The Labute approximate surface area is 194 Å². The van der Waals surface area contributed by atoms with Gasteiger partial charge < -0.3 is 24.6 Å². The highest BCUT2D eigenvalue weighted by molar-refractivity contribution is 5.95. The van der Waals surface area contributed by atoms with Crippen LogP contribution >= 0.6 is 0 Å². The number of carbonyl (C=O) groups excluding carboxylic acids is 1. The van der Waals surface area contributed by atoms with E-state index in [-0.39, 0.29) is 19.0 Å². The van der Waals surface area contributed by atoms with Gasteiger partial charge in [0.25, 0.3) is 5.91 Å². The van der Waals surface area contributed by atoms with Crippen molar-refractivity contribution in [2.75, 3.05) is 25.1 Å². The number of aryl methyl sites for hydroxylation is 1. The van der Waals surface area contributed by atoms with Crippen molar-refractivity contribution in [3.8, 4) is 11.4 Å². The van der Waals surface area contributed by atoms with Crippen LogP contribution in [0.1, 0.15) is 28.0 Å². The van der Waals surface area contributed by atoms with Crippen LogP contribution in [0.15, 0.2) is 55.0 Å². The van der Waals surface area contributed by atoms with Crippen LogP contribution in [0, 0.1) is 6.92 Å². The molecular formula is C24H25F3N4O3. The second-order valence-corrected chi connectivity index (χ2v) is 8.32. The second-order valence-electron chi connectivity index (χ2n) is 8.32. The van der Waals surface area contributed by atoms with Crippen molar-refractivity contribution >= 4 is 11.6 Å². The van der Waals surface area contributed by atoms with Gasteiger partial charge in [0.2, 0.25) is 0 Å². The van der Waals surface area contributed by atoms with E-state index < -0.39 is 23.9 Å². The molecule has 1 fully saturated rings. The number of methoxy groups -OCH3 is 1. The zero-order valence-corrected chi connectivity index (χ0v) is 18.7. The van der Waals surface area contributed by atoms with E-state index in [0.717, 1.165) is 23.5 Å². The quantitative estimate of drug-likeness (QED) is 0.591. The molecule has 2 N–H and O–H groups in total. The largest absolute Gasteiger partial charge is 0.495 e. The molecule has 0 aliphatic carbocycles. The van der Waals surface area contributed by atoms with E-state index >= 15 is 0 Å². The number of imidazole rings is 1. The molecule has 2 unspecified atom stereocenters. The summed E-state index contributed by atoms with van der Waals surface area (Å²) in [5, 5.41) is 13.2. The predicted octanol–water partition coefficient (Wildman–Crippen LogP) is 3.58. The summed E-state index contributed by atoms with van der Waals surface area (Å²) in [6, 6.07) is 9.53. The van der Waals surface area contributed by atoms with Crippen molar-refractivity contribution in [3.05, 3.63) is 71.8 Å². The van der Waals surface area contributed by atoms with Crippen LogP contribution in [0.25, 0.3) is 5.69 Å². The fourth-order valence-electron chi connectivity index (χ4n) is 4.12. The Morgan fingerprint density at radius 3 is 2.68 bits per heavy atom. The number of anilines is 1. The number of aromatic nitrogens is 2. The van der Waals surface area contributed by atoms with Gasteiger partial charge in [-0.15, -0.1) is 0 Å². The Balaban J connectivity index is 1.49. The Kier molecular flexibility index (Phi) is 6.52. The molecule has 1 aliphatic rings. The maximum atomic E-state index is 13.1. The van der Waals surface area contributed by atoms with Crippen molar-refractivity contribution in [1.29, 1.82) is 0 Å². The SMILES string of the molecule is COc1cc(C(=O)NC2CC(O)CN(c3cccc(C(F)(F)F)c3)C2)ccc1-n1cnc(C)c1. The summed E-state index contributed by atoms with van der Waals surface area (Å²) in [4.78, 5) is 18.8. The minimum atomic E-state index is -4.46. The first-order valence-corrected chi connectivity index (χ1v) is 10.7. The molecule has 4 rings (SSSR count). The number of aliphatic hydroxyl groups excluding tert-OH is 1. The first-order chi connectivity index (χ1) is 16.1. The third kappa shape index (κ3) is 5.17. The molecule has 7 nitrogen and oxygen atoms in total. The van der Waals surface area contributed by atoms with Crippen molar-refractivity contribution < 1.29 is 27.8 Å². The molecule has 3 aromatic rings. The van der Waals surface area contributed by atoms with E-state index in [4.69, 9.17) is 4.74 Å². The topological polar surface area (TPSA) is 79.6 Å². The molecule has 2 aromatic carbocycles. The van der Waals surface area contributed by atoms with Gasteiger partial charge in [-0.2, -0.15) is 13.2 Å². The fourth-order valence-corrected chi connectivity index (χ4v) is 4.12. The van der Waals surface area contributed by atoms with Crippen molar-refractivity contribution in [2.45, 2.75) is 31.7 Å². The molecular weight excluding hydrogens is 449 g/mol. The van der Waals surface area contributed by atoms with E-state index in [9.17, 15) is 23.1 Å². The van der Waals surface area contributed by atoms with Crippen LogP contribution in [-0.2, 0) is 6.18 Å². The van der Waals surface area contributed by atoms with Gasteiger partial charge in [0, 0.05) is 36.6 Å². The monoisotopic (exact) mass is 474 g/mol. The number of halogens is 3. The zero-order chi connectivity index (χ0) is 24.5. The highest BCUT2D eigenvalue weighted by Gasteiger charge is 2.32. The number of ether oxygens (including phenoxy) is 1. The molecule has 1 aliphatic heterocycles. The lowest BCUT2D eigenvalue weighted by atomic mass is 10.0. The first kappa shape index (κ1) is 23.6. The lowest BCUT2D eigenvalue weighted by molar-refractivity contribution is -0.137. The number of aliphatic hydroxyl groups is 1. The Hall–Kier alpha value is -3.53. The average Bonchev–Trinajstić information content (AvgIpc) is 3.23. The number of rotatable bonds is 5. The van der Waals surface area contributed by atoms with Gasteiger partial charge in [-0.25, -0.2) is 4.98 Å². The molecule has 180 valence electrons. The van der Waals surface area contributed by atoms with Crippen molar-refractivity contribution in [3.63, 3.8) is 0 Å². The van der Waals surface area contributed by atoms with Gasteiger partial charge in [0.1, 0.15) is 5.75 Å². The maximum absolute atomic E-state index is 13.1. The third-order valence-electron chi connectivity index (χ3n) is 5.73. The lowest BCUT2D eigenvalue weighted by Gasteiger charge is -2.37. The minimum absolute atomic E-state index is 0.181. The third-order valence-corrected chi connectivity index (χ3v) is 5.73. The van der Waals surface area contributed by atoms with E-state index in [1.807, 2.05) is 13.1 Å². The van der Waals surface area contributed by atoms with Gasteiger partial charge >= 0.3 is 6.18 Å². The molecule has 0 saturated carbocycles. The smallest absolute Gasteiger partial charge is 0.416 e. The van der Waals surface area contributed by atoms with E-state index in [1.54, 1.807) is 40.1 Å². The molecule has 34 heavy (non-hydrogen) atoms. The number of β-amino-alcohol motifs (C(OH)–C–C–N with tert-alkyl or cyclic N) is 1. The first-order valence-electron chi connectivity index (χ1n) is 10.7. The van der Waals surface area contributed by atoms with Crippen LogP contribution in [-0.4, -0.2) is 52.9 Å². The second kappa shape index (κ2) is 9.38. The van der Waals surface area contributed by atoms with Crippen molar-refractivity contribution in [1.82, 2.24) is 14.9 Å². The van der Waals surface area contributed by atoms with Crippen LogP contribution in [0.2, 0.25) is 0 Å². The lowest BCUT2D eigenvalue weighted by Crippen LogP contribution is -2.52. The number of benzene rings is 2. The van der Waals surface area contributed by atoms with E-state index in [0.29, 0.717) is 23.4 Å². The molecule has 0 radical (unpaired) electrons. The number of carbonyl (C=O) groups is 1. The Morgan fingerprint density at radius 1 is 1.21 bits per heavy atom. The molecule has 1 saturated heterocycles. The average molecular weight is 474 g/mol. The summed E-state index contributed by atoms with van der Waals surface area (Å²) in [5.74, 6) is 0.120. The van der Waals surface area contributed by atoms with E-state index in [1.165, 1.54) is 13.2 Å². The maximum Gasteiger partial charge on any atom is 0.416 e. The molecule has 1 aromatic heterocycles. The molecule has 10 heteroatoms. The van der Waals surface area contributed by atoms with Gasteiger partial charge in [-0.05, 0) is 49.7 Å². The van der Waals surface area contributed by atoms with Crippen LogP contribution in [0.5, 0.6) is 5.75 Å². The highest BCUT2D eigenvalue weighted by Crippen LogP contribution is 2.32. The summed E-state index contributed by atoms with van der Waals surface area (Å²) in [5.41, 5.74) is 1.51. The highest BCUT2D eigenvalue weighted by atomic mass is 19.4. The zero-order valence-electron chi connectivity index (χ0n) is 18.7. The van der Waals surface area contributed by atoms with Gasteiger partial charge in [-0.3, -0.25) is 4.79 Å². The van der Waals surface area contributed by atoms with Crippen LogP contribution < -0.4 is 15.0 Å². The number of amides is 1. The number of nitrogens with zero attached hydrogens (tertiary/aromatic N) is 3. The van der Waals surface area contributed by atoms with Crippen molar-refractivity contribution in [2.24, 2.45) is 0 Å². The number of alkyl halides is 3. The van der Waals surface area contributed by atoms with Gasteiger partial charge in [0.15, 0.2) is 0 Å². The molecule has 2 heterocycles. The standard InChI is InChI=1S/C24H25F3N4O3/c1-15-11-31(14-28-15)21-7-6-16(8-22(21)34-2)23(33)29-18-10-20(32)13-30(12-18)19-5-3-4-17(9-19)24(25,26)27/h3-9,11,14,18,20,32H,10,12-13H2,1-2H3,(H,29,33). The van der Waals surface area contributed by atoms with Crippen LogP contribution in [0.3, 0.4) is 0 Å². The summed E-state index contributed by atoms with van der Waals surface area (Å²) < 4.78 is 46.6. The normalized spacial score (nSPS) is 18.6. The summed E-state index contributed by atoms with van der Waals surface area (Å²) in [6.07, 6.45) is -1.47. The Bertz CT molecular complexity index is 1180. The molecule has 0 spiro atoms. The summed E-state index contributed by atoms with van der Waals surface area (Å²) in [7, 11) is 1.51. The predicted molar refractivity (Wildman–Crippen MR) is 120 cm³/mol. The van der Waals surface area contributed by atoms with Crippen LogP contribution in [0.4, 0.5) is 18.9 Å². The number of hydrogen-bond donors (Lipinski definition) is 2. The number of nitrogens with one attached hydrogen (secondary N) is 1. The number of hydrogen-bond acceptors (Lipinski definition) is 5. The summed E-state index contributed by atoms with van der Waals surface area (Å²) in [6.45, 7) is 2.32. The summed E-state index contributed by atoms with van der Waals surface area (Å²) >= 11 is 0. The molecule has 0 bridgehead atoms. The molecule has 2 atom stereocenters. The minimum Gasteiger partial charge on any atom is -0.495 e.